The smallest absolute Gasteiger partial charge is 0.264 e. The van der Waals surface area contributed by atoms with Gasteiger partial charge in [-0.05, 0) is 65.9 Å². The van der Waals surface area contributed by atoms with E-state index in [1.165, 1.54) is 5.19 Å². The molecule has 1 N–H and O–H groups in total. The monoisotopic (exact) mass is 646 g/mol. The first kappa shape index (κ1) is 31.4. The predicted molar refractivity (Wildman–Crippen MR) is 187 cm³/mol. The summed E-state index contributed by atoms with van der Waals surface area (Å²) < 4.78 is 12.4. The number of ether oxygens (including phenoxy) is 2. The highest BCUT2D eigenvalue weighted by Gasteiger charge is 2.66. The fraction of sp³-hybridized carbons (Fsp3) is 0.333. The quantitative estimate of drug-likeness (QED) is 0.223. The Morgan fingerprint density at radius 3 is 2.38 bits per heavy atom. The summed E-state index contributed by atoms with van der Waals surface area (Å²) in [6, 6.07) is 32.3. The van der Waals surface area contributed by atoms with E-state index < -0.39 is 13.7 Å². The lowest BCUT2D eigenvalue weighted by molar-refractivity contribution is -0.146. The zero-order chi connectivity index (χ0) is 32.9. The number of hydrogen-bond donors (Lipinski definition) is 1. The minimum Gasteiger partial charge on any atom is -0.497 e. The number of fused-ring (bicyclic) bond motifs is 3. The molecule has 4 atom stereocenters. The summed E-state index contributed by atoms with van der Waals surface area (Å²) in [5, 5.41) is 11.4. The van der Waals surface area contributed by atoms with Gasteiger partial charge in [0, 0.05) is 30.2 Å². The molecule has 3 aliphatic heterocycles. The third-order valence-electron chi connectivity index (χ3n) is 10.8. The number of methoxy groups -OCH3 is 1. The number of hydrogen-bond acceptors (Lipinski definition) is 5. The second-order valence-electron chi connectivity index (χ2n) is 13.6. The third kappa shape index (κ3) is 5.01. The zero-order valence-electron chi connectivity index (χ0n) is 27.5. The molecule has 3 aliphatic rings. The highest BCUT2D eigenvalue weighted by molar-refractivity contribution is 6.91. The largest absolute Gasteiger partial charge is 0.497 e. The topological polar surface area (TPSA) is 79.3 Å². The maximum Gasteiger partial charge on any atom is 0.264 e. The van der Waals surface area contributed by atoms with Gasteiger partial charge < -0.3 is 19.5 Å². The number of carbonyl (C=O) groups excluding carboxylic acids is 2. The van der Waals surface area contributed by atoms with Gasteiger partial charge >= 0.3 is 0 Å². The Balaban J connectivity index is 1.25. The van der Waals surface area contributed by atoms with Crippen LogP contribution in [0.4, 0.5) is 17.1 Å². The average molecular weight is 647 g/mol. The summed E-state index contributed by atoms with van der Waals surface area (Å²) >= 11 is 0. The molecule has 7 nitrogen and oxygen atoms in total. The molecule has 1 saturated heterocycles. The van der Waals surface area contributed by atoms with Crippen molar-refractivity contribution in [3.63, 3.8) is 0 Å². The molecule has 242 valence electrons. The molecule has 0 bridgehead atoms. The number of para-hydroxylation sites is 2. The molecule has 0 aliphatic carbocycles. The van der Waals surface area contributed by atoms with Crippen LogP contribution in [0.25, 0.3) is 0 Å². The lowest BCUT2D eigenvalue weighted by Crippen LogP contribution is -2.51. The number of anilines is 3. The van der Waals surface area contributed by atoms with Crippen molar-refractivity contribution >= 4 is 42.1 Å². The predicted octanol–water partition coefficient (Wildman–Crippen LogP) is 6.45. The molecule has 1 fully saturated rings. The first-order valence-electron chi connectivity index (χ1n) is 16.5. The van der Waals surface area contributed by atoms with Gasteiger partial charge in [0.15, 0.2) is 5.60 Å². The molecule has 1 spiro atoms. The van der Waals surface area contributed by atoms with E-state index in [9.17, 15) is 14.7 Å². The van der Waals surface area contributed by atoms with Gasteiger partial charge in [0.25, 0.3) is 5.91 Å². The molecular weight excluding hydrogens is 605 g/mol. The van der Waals surface area contributed by atoms with E-state index in [-0.39, 0.29) is 36.0 Å². The minimum atomic E-state index is -2.25. The Morgan fingerprint density at radius 2 is 1.64 bits per heavy atom. The van der Waals surface area contributed by atoms with Gasteiger partial charge in [-0.15, -0.1) is 0 Å². The lowest BCUT2D eigenvalue weighted by Gasteiger charge is -2.37. The van der Waals surface area contributed by atoms with Crippen molar-refractivity contribution in [3.8, 4) is 5.75 Å². The molecule has 0 aromatic heterocycles. The number of aryl methyl sites for hydroxylation is 1. The Morgan fingerprint density at radius 1 is 0.915 bits per heavy atom. The highest BCUT2D eigenvalue weighted by Crippen LogP contribution is 2.60. The van der Waals surface area contributed by atoms with E-state index in [0.29, 0.717) is 19.4 Å². The Bertz CT molecular complexity index is 1820. The SMILES string of the molecule is COc1ccc([Si](C)(C)[C@@H]2[C@@H](CCO)O[C@]3(C(=O)N(Cc4cccc(N5C(=O)CCc6ccccc65)c4)c4ccccc43)[C@H]2C)cc1. The number of aliphatic hydroxyl groups is 1. The molecule has 0 unspecified atom stereocenters. The first-order valence-corrected chi connectivity index (χ1v) is 19.6. The fourth-order valence-electron chi connectivity index (χ4n) is 8.51. The second kappa shape index (κ2) is 12.1. The van der Waals surface area contributed by atoms with Crippen molar-refractivity contribution in [2.75, 3.05) is 23.5 Å². The molecule has 47 heavy (non-hydrogen) atoms. The number of carbonyl (C=O) groups is 2. The highest BCUT2D eigenvalue weighted by atomic mass is 28.3. The van der Waals surface area contributed by atoms with Crippen molar-refractivity contribution < 1.29 is 24.2 Å². The zero-order valence-corrected chi connectivity index (χ0v) is 28.5. The normalized spacial score (nSPS) is 23.7. The lowest BCUT2D eigenvalue weighted by atomic mass is 9.82. The maximum absolute atomic E-state index is 14.9. The molecule has 0 saturated carbocycles. The number of rotatable bonds is 8. The maximum atomic E-state index is 14.9. The summed E-state index contributed by atoms with van der Waals surface area (Å²) in [5.74, 6) is 0.683. The average Bonchev–Trinajstić information content (AvgIpc) is 3.51. The van der Waals surface area contributed by atoms with Gasteiger partial charge in [0.1, 0.15) is 5.75 Å². The van der Waals surface area contributed by atoms with E-state index in [1.807, 2.05) is 88.7 Å². The molecule has 4 aromatic carbocycles. The van der Waals surface area contributed by atoms with Crippen LogP contribution < -0.4 is 19.7 Å². The van der Waals surface area contributed by atoms with E-state index in [2.05, 4.69) is 38.2 Å². The van der Waals surface area contributed by atoms with E-state index >= 15 is 0 Å². The standard InChI is InChI=1S/C39H42N2O5Si/c1-26-37(47(3,4)31-19-17-30(45-2)18-20-31)35(22-23-42)46-39(26)32-13-6-8-15-34(32)40(38(39)44)25-27-10-9-12-29(24-27)41-33-14-7-5-11-28(33)16-21-36(41)43/h5-15,17-20,24,26,35,37,42H,16,21-23,25H2,1-4H3/t26-,35+,37-,39+/m0/s1. The summed E-state index contributed by atoms with van der Waals surface area (Å²) in [4.78, 5) is 31.8. The summed E-state index contributed by atoms with van der Waals surface area (Å²) in [6.07, 6.45) is 1.39. The van der Waals surface area contributed by atoms with Gasteiger partial charge in [0.2, 0.25) is 5.91 Å². The number of benzene rings is 4. The fourth-order valence-corrected chi connectivity index (χ4v) is 12.6. The van der Waals surface area contributed by atoms with Gasteiger partial charge in [-0.25, -0.2) is 0 Å². The van der Waals surface area contributed by atoms with Crippen molar-refractivity contribution in [2.24, 2.45) is 5.92 Å². The van der Waals surface area contributed by atoms with Crippen LogP contribution in [0.3, 0.4) is 0 Å². The van der Waals surface area contributed by atoms with Crippen LogP contribution >= 0.6 is 0 Å². The van der Waals surface area contributed by atoms with Gasteiger partial charge in [0.05, 0.1) is 39.2 Å². The molecular formula is C39H42N2O5Si. The summed E-state index contributed by atoms with van der Waals surface area (Å²) in [5.41, 5.74) is 4.46. The Hall–Kier alpha value is -4.24. The molecule has 7 rings (SSSR count). The van der Waals surface area contributed by atoms with Crippen molar-refractivity contribution in [1.29, 1.82) is 0 Å². The van der Waals surface area contributed by atoms with Crippen LogP contribution in [-0.2, 0) is 32.9 Å². The Labute approximate surface area is 277 Å². The first-order chi connectivity index (χ1) is 22.7. The molecule has 0 radical (unpaired) electrons. The van der Waals surface area contributed by atoms with Crippen LogP contribution in [0.5, 0.6) is 5.75 Å². The van der Waals surface area contributed by atoms with Gasteiger partial charge in [-0.2, -0.15) is 0 Å². The van der Waals surface area contributed by atoms with E-state index in [0.717, 1.165) is 45.9 Å². The van der Waals surface area contributed by atoms with Crippen molar-refractivity contribution in [3.05, 3.63) is 114 Å². The molecule has 4 aromatic rings. The second-order valence-corrected chi connectivity index (χ2v) is 18.3. The van der Waals surface area contributed by atoms with E-state index in [4.69, 9.17) is 9.47 Å². The van der Waals surface area contributed by atoms with E-state index in [1.54, 1.807) is 7.11 Å². The van der Waals surface area contributed by atoms with Crippen LogP contribution in [0.1, 0.15) is 36.5 Å². The molecule has 3 heterocycles. The summed E-state index contributed by atoms with van der Waals surface area (Å²) in [6.45, 7) is 7.19. The molecule has 2 amide bonds. The number of amides is 2. The van der Waals surface area contributed by atoms with Crippen molar-refractivity contribution in [1.82, 2.24) is 0 Å². The molecule has 8 heteroatoms. The van der Waals surface area contributed by atoms with Crippen LogP contribution in [-0.4, -0.2) is 44.8 Å². The van der Waals surface area contributed by atoms with Crippen LogP contribution in [0.2, 0.25) is 18.6 Å². The Kier molecular flexibility index (Phi) is 8.06. The third-order valence-corrected chi connectivity index (χ3v) is 15.1. The van der Waals surface area contributed by atoms with Crippen LogP contribution in [0.15, 0.2) is 97.1 Å². The van der Waals surface area contributed by atoms with Crippen molar-refractivity contribution in [2.45, 2.75) is 63.1 Å². The van der Waals surface area contributed by atoms with Gasteiger partial charge in [-0.3, -0.25) is 14.5 Å². The summed E-state index contributed by atoms with van der Waals surface area (Å²) in [7, 11) is -0.579. The van der Waals surface area contributed by atoms with Gasteiger partial charge in [-0.1, -0.05) is 85.9 Å². The number of nitrogens with zero attached hydrogens (tertiary/aromatic N) is 2. The number of aliphatic hydroxyl groups excluding tert-OH is 1. The minimum absolute atomic E-state index is 0.0122. The van der Waals surface area contributed by atoms with Crippen LogP contribution in [0, 0.1) is 5.92 Å².